The summed E-state index contributed by atoms with van der Waals surface area (Å²) in [7, 11) is 1.58. The van der Waals surface area contributed by atoms with Crippen LogP contribution in [0.1, 0.15) is 11.1 Å². The molecule has 0 fully saturated rings. The summed E-state index contributed by atoms with van der Waals surface area (Å²) in [6.07, 6.45) is -4.57. The average Bonchev–Trinajstić information content (AvgIpc) is 3.27. The highest BCUT2D eigenvalue weighted by molar-refractivity contribution is 7.99. The van der Waals surface area contributed by atoms with E-state index in [2.05, 4.69) is 15.5 Å². The fourth-order valence-corrected chi connectivity index (χ4v) is 4.12. The Kier molecular flexibility index (Phi) is 7.11. The van der Waals surface area contributed by atoms with Crippen molar-refractivity contribution in [3.63, 3.8) is 0 Å². The van der Waals surface area contributed by atoms with E-state index in [0.717, 1.165) is 34.6 Å². The van der Waals surface area contributed by atoms with E-state index >= 15 is 0 Å². The summed E-state index contributed by atoms with van der Waals surface area (Å²) in [4.78, 5) is 12.5. The van der Waals surface area contributed by atoms with Gasteiger partial charge in [-0.15, -0.1) is 10.2 Å². The number of aromatic nitrogens is 3. The van der Waals surface area contributed by atoms with Crippen molar-refractivity contribution in [2.45, 2.75) is 18.3 Å². The number of anilines is 1. The first-order valence-corrected chi connectivity index (χ1v) is 11.5. The van der Waals surface area contributed by atoms with Crippen LogP contribution in [-0.4, -0.2) is 33.5 Å². The molecule has 1 amide bonds. The largest absolute Gasteiger partial charge is 0.497 e. The molecule has 1 N–H and O–H groups in total. The van der Waals surface area contributed by atoms with Crippen LogP contribution in [0.25, 0.3) is 17.1 Å². The van der Waals surface area contributed by atoms with E-state index < -0.39 is 17.6 Å². The van der Waals surface area contributed by atoms with Gasteiger partial charge in [0.05, 0.1) is 24.1 Å². The minimum absolute atomic E-state index is 0.154. The second-order valence-electron chi connectivity index (χ2n) is 7.59. The smallest absolute Gasteiger partial charge is 0.418 e. The number of halogens is 3. The standard InChI is InChI=1S/C25H21F3N4O2S/c1-16-7-11-18(12-8-16)32-23(17-9-13-19(34-2)14-10-17)30-31-24(32)35-15-22(33)29-21-6-4-3-5-20(21)25(26,27)28/h3-14H,15H2,1-2H3,(H,29,33). The average molecular weight is 499 g/mol. The Bertz CT molecular complexity index is 1320. The SMILES string of the molecule is COc1ccc(-c2nnc(SCC(=O)Nc3ccccc3C(F)(F)F)n2-c2ccc(C)cc2)cc1. The highest BCUT2D eigenvalue weighted by atomic mass is 32.2. The number of benzene rings is 3. The van der Waals surface area contributed by atoms with Gasteiger partial charge in [-0.25, -0.2) is 0 Å². The zero-order valence-corrected chi connectivity index (χ0v) is 19.7. The van der Waals surface area contributed by atoms with Crippen molar-refractivity contribution in [3.8, 4) is 22.8 Å². The molecular weight excluding hydrogens is 477 g/mol. The third-order valence-electron chi connectivity index (χ3n) is 5.11. The van der Waals surface area contributed by atoms with Crippen molar-refractivity contribution in [1.29, 1.82) is 0 Å². The van der Waals surface area contributed by atoms with Crippen LogP contribution in [0.5, 0.6) is 5.75 Å². The normalized spacial score (nSPS) is 11.3. The molecule has 0 aliphatic rings. The van der Waals surface area contributed by atoms with Gasteiger partial charge in [-0.1, -0.05) is 41.6 Å². The second-order valence-corrected chi connectivity index (χ2v) is 8.53. The maximum atomic E-state index is 13.2. The van der Waals surface area contributed by atoms with E-state index in [-0.39, 0.29) is 11.4 Å². The number of nitrogens with one attached hydrogen (secondary N) is 1. The molecule has 0 aliphatic carbocycles. The monoisotopic (exact) mass is 498 g/mol. The fourth-order valence-electron chi connectivity index (χ4n) is 3.37. The molecule has 0 unspecified atom stereocenters. The summed E-state index contributed by atoms with van der Waals surface area (Å²) >= 11 is 1.08. The number of amides is 1. The number of aryl methyl sites for hydroxylation is 1. The summed E-state index contributed by atoms with van der Waals surface area (Å²) in [5, 5.41) is 11.4. The van der Waals surface area contributed by atoms with Crippen LogP contribution in [0, 0.1) is 6.92 Å². The zero-order chi connectivity index (χ0) is 25.0. The van der Waals surface area contributed by atoms with Crippen LogP contribution in [0.2, 0.25) is 0 Å². The molecule has 0 radical (unpaired) electrons. The summed E-state index contributed by atoms with van der Waals surface area (Å²) in [6.45, 7) is 1.97. The number of methoxy groups -OCH3 is 1. The Morgan fingerprint density at radius 2 is 1.69 bits per heavy atom. The van der Waals surface area contributed by atoms with Gasteiger partial charge in [0.1, 0.15) is 5.75 Å². The number of alkyl halides is 3. The van der Waals surface area contributed by atoms with Gasteiger partial charge in [-0.05, 0) is 55.5 Å². The van der Waals surface area contributed by atoms with Crippen LogP contribution in [-0.2, 0) is 11.0 Å². The Balaban J connectivity index is 1.60. The van der Waals surface area contributed by atoms with E-state index in [1.165, 1.54) is 18.2 Å². The molecule has 180 valence electrons. The van der Waals surface area contributed by atoms with Gasteiger partial charge >= 0.3 is 6.18 Å². The van der Waals surface area contributed by atoms with E-state index in [1.54, 1.807) is 7.11 Å². The molecule has 35 heavy (non-hydrogen) atoms. The third kappa shape index (κ3) is 5.65. The molecule has 0 spiro atoms. The number of carbonyl (C=O) groups excluding carboxylic acids is 1. The quantitative estimate of drug-likeness (QED) is 0.317. The van der Waals surface area contributed by atoms with Gasteiger partial charge in [-0.3, -0.25) is 9.36 Å². The third-order valence-corrected chi connectivity index (χ3v) is 6.04. The first kappa shape index (κ1) is 24.3. The van der Waals surface area contributed by atoms with Gasteiger partial charge in [0, 0.05) is 11.3 Å². The lowest BCUT2D eigenvalue weighted by Crippen LogP contribution is -2.18. The highest BCUT2D eigenvalue weighted by Crippen LogP contribution is 2.35. The van der Waals surface area contributed by atoms with Gasteiger partial charge < -0.3 is 10.1 Å². The summed E-state index contributed by atoms with van der Waals surface area (Å²) in [5.41, 5.74) is 1.46. The van der Waals surface area contributed by atoms with Crippen molar-refractivity contribution in [1.82, 2.24) is 14.8 Å². The molecule has 10 heteroatoms. The molecule has 0 saturated heterocycles. The van der Waals surface area contributed by atoms with E-state index in [1.807, 2.05) is 60.0 Å². The molecule has 0 saturated carbocycles. The Morgan fingerprint density at radius 1 is 1.00 bits per heavy atom. The fraction of sp³-hybridized carbons (Fsp3) is 0.160. The number of nitrogens with zero attached hydrogens (tertiary/aromatic N) is 3. The summed E-state index contributed by atoms with van der Waals surface area (Å²) in [6, 6.07) is 19.9. The number of hydrogen-bond donors (Lipinski definition) is 1. The van der Waals surface area contributed by atoms with Crippen LogP contribution in [0.4, 0.5) is 18.9 Å². The van der Waals surface area contributed by atoms with Gasteiger partial charge in [-0.2, -0.15) is 13.2 Å². The van der Waals surface area contributed by atoms with Crippen molar-refractivity contribution in [2.24, 2.45) is 0 Å². The molecule has 4 aromatic rings. The topological polar surface area (TPSA) is 69.0 Å². The molecule has 1 heterocycles. The van der Waals surface area contributed by atoms with Crippen LogP contribution < -0.4 is 10.1 Å². The maximum absolute atomic E-state index is 13.2. The van der Waals surface area contributed by atoms with Crippen LogP contribution in [0.15, 0.2) is 78.0 Å². The van der Waals surface area contributed by atoms with Crippen molar-refractivity contribution in [3.05, 3.63) is 83.9 Å². The molecular formula is C25H21F3N4O2S. The lowest BCUT2D eigenvalue weighted by molar-refractivity contribution is -0.137. The number of carbonyl (C=O) groups is 1. The Hall–Kier alpha value is -3.79. The molecule has 1 aromatic heterocycles. The van der Waals surface area contributed by atoms with Crippen LogP contribution in [0.3, 0.4) is 0 Å². The lowest BCUT2D eigenvalue weighted by Gasteiger charge is -2.14. The molecule has 0 bridgehead atoms. The number of hydrogen-bond acceptors (Lipinski definition) is 5. The van der Waals surface area contributed by atoms with Gasteiger partial charge in [0.15, 0.2) is 11.0 Å². The lowest BCUT2D eigenvalue weighted by atomic mass is 10.1. The summed E-state index contributed by atoms with van der Waals surface area (Å²) < 4.78 is 46.8. The number of rotatable bonds is 7. The Labute approximate surface area is 204 Å². The number of para-hydroxylation sites is 1. The highest BCUT2D eigenvalue weighted by Gasteiger charge is 2.33. The van der Waals surface area contributed by atoms with Gasteiger partial charge in [0.2, 0.25) is 5.91 Å². The zero-order valence-electron chi connectivity index (χ0n) is 18.8. The predicted molar refractivity (Wildman–Crippen MR) is 129 cm³/mol. The van der Waals surface area contributed by atoms with Crippen molar-refractivity contribution < 1.29 is 22.7 Å². The van der Waals surface area contributed by atoms with Crippen molar-refractivity contribution in [2.75, 3.05) is 18.2 Å². The summed E-state index contributed by atoms with van der Waals surface area (Å²) in [5.74, 6) is 0.511. The van der Waals surface area contributed by atoms with Gasteiger partial charge in [0.25, 0.3) is 0 Å². The molecule has 3 aromatic carbocycles. The maximum Gasteiger partial charge on any atom is 0.418 e. The van der Waals surface area contributed by atoms with Crippen molar-refractivity contribution >= 4 is 23.4 Å². The second kappa shape index (κ2) is 10.2. The number of ether oxygens (including phenoxy) is 1. The van der Waals surface area contributed by atoms with E-state index in [4.69, 9.17) is 4.74 Å². The first-order valence-electron chi connectivity index (χ1n) is 10.5. The molecule has 4 rings (SSSR count). The minimum atomic E-state index is -4.57. The molecule has 0 atom stereocenters. The molecule has 6 nitrogen and oxygen atoms in total. The Morgan fingerprint density at radius 3 is 2.34 bits per heavy atom. The van der Waals surface area contributed by atoms with E-state index in [9.17, 15) is 18.0 Å². The molecule has 0 aliphatic heterocycles. The minimum Gasteiger partial charge on any atom is -0.497 e. The van der Waals surface area contributed by atoms with E-state index in [0.29, 0.717) is 16.7 Å². The predicted octanol–water partition coefficient (Wildman–Crippen LogP) is 6.00. The first-order chi connectivity index (χ1) is 16.8. The van der Waals surface area contributed by atoms with Crippen LogP contribution >= 0.6 is 11.8 Å². The number of thioether (sulfide) groups is 1.